The van der Waals surface area contributed by atoms with Crippen molar-refractivity contribution in [3.05, 3.63) is 29.8 Å². The van der Waals surface area contributed by atoms with E-state index in [1.807, 2.05) is 0 Å². The van der Waals surface area contributed by atoms with E-state index in [4.69, 9.17) is 0 Å². The zero-order valence-corrected chi connectivity index (χ0v) is 12.2. The molecular formula is C16H21N3O2. The number of hydrogen-bond acceptors (Lipinski definition) is 3. The van der Waals surface area contributed by atoms with Crippen molar-refractivity contribution in [1.29, 1.82) is 0 Å². The van der Waals surface area contributed by atoms with E-state index in [-0.39, 0.29) is 23.8 Å². The molecule has 1 saturated heterocycles. The van der Waals surface area contributed by atoms with Gasteiger partial charge in [0.15, 0.2) is 0 Å². The minimum Gasteiger partial charge on any atom is -0.348 e. The molecule has 3 unspecified atom stereocenters. The van der Waals surface area contributed by atoms with Gasteiger partial charge in [0.25, 0.3) is 5.91 Å². The maximum absolute atomic E-state index is 12.1. The van der Waals surface area contributed by atoms with Crippen molar-refractivity contribution >= 4 is 17.5 Å². The number of amides is 2. The Morgan fingerprint density at radius 2 is 1.95 bits per heavy atom. The Bertz CT molecular complexity index is 535. The van der Waals surface area contributed by atoms with Gasteiger partial charge in [-0.05, 0) is 49.6 Å². The van der Waals surface area contributed by atoms with E-state index in [2.05, 4.69) is 22.9 Å². The summed E-state index contributed by atoms with van der Waals surface area (Å²) in [6, 6.07) is 7.29. The number of nitrogens with one attached hydrogen (secondary N) is 3. The van der Waals surface area contributed by atoms with Crippen LogP contribution in [0.1, 0.15) is 30.1 Å². The number of benzene rings is 1. The highest BCUT2D eigenvalue weighted by Crippen LogP contribution is 2.38. The summed E-state index contributed by atoms with van der Waals surface area (Å²) in [5, 5.41) is 9.11. The van der Waals surface area contributed by atoms with E-state index in [9.17, 15) is 9.59 Å². The van der Waals surface area contributed by atoms with Gasteiger partial charge in [-0.1, -0.05) is 6.92 Å². The number of carbonyl (C=O) groups excluding carboxylic acids is 2. The molecule has 1 aliphatic heterocycles. The van der Waals surface area contributed by atoms with Crippen molar-refractivity contribution in [3.8, 4) is 0 Å². The van der Waals surface area contributed by atoms with Crippen LogP contribution in [0.15, 0.2) is 24.3 Å². The number of rotatable bonds is 4. The highest BCUT2D eigenvalue weighted by Gasteiger charge is 2.39. The van der Waals surface area contributed by atoms with Gasteiger partial charge in [0, 0.05) is 29.8 Å². The summed E-state index contributed by atoms with van der Waals surface area (Å²) < 4.78 is 0. The van der Waals surface area contributed by atoms with Crippen LogP contribution in [-0.4, -0.2) is 30.9 Å². The Morgan fingerprint density at radius 1 is 1.24 bits per heavy atom. The van der Waals surface area contributed by atoms with Crippen LogP contribution < -0.4 is 16.0 Å². The summed E-state index contributed by atoms with van der Waals surface area (Å²) in [6.07, 6.45) is 1.95. The van der Waals surface area contributed by atoms with Gasteiger partial charge in [0.05, 0.1) is 0 Å². The first-order chi connectivity index (χ1) is 10.1. The molecular weight excluding hydrogens is 266 g/mol. The Balaban J connectivity index is 1.55. The first kappa shape index (κ1) is 14.1. The largest absolute Gasteiger partial charge is 0.348 e. The van der Waals surface area contributed by atoms with E-state index in [1.54, 1.807) is 24.3 Å². The van der Waals surface area contributed by atoms with Crippen molar-refractivity contribution in [2.24, 2.45) is 11.8 Å². The van der Waals surface area contributed by atoms with E-state index < -0.39 is 0 Å². The minimum absolute atomic E-state index is 0.0580. The summed E-state index contributed by atoms with van der Waals surface area (Å²) in [7, 11) is 0. The lowest BCUT2D eigenvalue weighted by Crippen LogP contribution is -2.36. The van der Waals surface area contributed by atoms with Crippen molar-refractivity contribution in [1.82, 2.24) is 10.6 Å². The summed E-state index contributed by atoms with van der Waals surface area (Å²) in [4.78, 5) is 23.9. The van der Waals surface area contributed by atoms with Gasteiger partial charge in [0.2, 0.25) is 5.91 Å². The predicted octanol–water partition coefficient (Wildman–Crippen LogP) is 1.37. The summed E-state index contributed by atoms with van der Waals surface area (Å²) in [5.41, 5.74) is 1.37. The monoisotopic (exact) mass is 287 g/mol. The first-order valence-electron chi connectivity index (χ1n) is 7.56. The third-order valence-corrected chi connectivity index (χ3v) is 4.26. The molecule has 3 N–H and O–H groups in total. The summed E-state index contributed by atoms with van der Waals surface area (Å²) in [5.74, 6) is 0.673. The Morgan fingerprint density at radius 3 is 2.52 bits per heavy atom. The molecule has 2 fully saturated rings. The fourth-order valence-corrected chi connectivity index (χ4v) is 2.67. The van der Waals surface area contributed by atoms with Crippen LogP contribution in [0.3, 0.4) is 0 Å². The highest BCUT2D eigenvalue weighted by atomic mass is 16.2. The van der Waals surface area contributed by atoms with Gasteiger partial charge < -0.3 is 16.0 Å². The molecule has 2 aliphatic rings. The molecule has 1 aliphatic carbocycles. The van der Waals surface area contributed by atoms with E-state index in [0.717, 1.165) is 31.6 Å². The van der Waals surface area contributed by atoms with Gasteiger partial charge in [-0.25, -0.2) is 0 Å². The number of hydrogen-bond donors (Lipinski definition) is 3. The zero-order valence-electron chi connectivity index (χ0n) is 12.2. The van der Waals surface area contributed by atoms with E-state index >= 15 is 0 Å². The molecule has 1 heterocycles. The molecule has 0 spiro atoms. The fourth-order valence-electron chi connectivity index (χ4n) is 2.67. The molecule has 0 radical (unpaired) electrons. The molecule has 5 heteroatoms. The third-order valence-electron chi connectivity index (χ3n) is 4.26. The molecule has 1 aromatic rings. The second kappa shape index (κ2) is 5.85. The van der Waals surface area contributed by atoms with Crippen LogP contribution in [0, 0.1) is 11.8 Å². The molecule has 5 nitrogen and oxygen atoms in total. The smallest absolute Gasteiger partial charge is 0.251 e. The fraction of sp³-hybridized carbons (Fsp3) is 0.500. The average molecular weight is 287 g/mol. The van der Waals surface area contributed by atoms with Crippen LogP contribution in [0.5, 0.6) is 0 Å². The molecule has 1 aromatic carbocycles. The van der Waals surface area contributed by atoms with Crippen LogP contribution in [-0.2, 0) is 4.79 Å². The molecule has 112 valence electrons. The van der Waals surface area contributed by atoms with Crippen LogP contribution in [0.25, 0.3) is 0 Å². The quantitative estimate of drug-likeness (QED) is 0.783. The number of anilines is 1. The van der Waals surface area contributed by atoms with Gasteiger partial charge in [-0.3, -0.25) is 9.59 Å². The van der Waals surface area contributed by atoms with Crippen molar-refractivity contribution < 1.29 is 9.59 Å². The molecule has 1 saturated carbocycles. The first-order valence-corrected chi connectivity index (χ1v) is 7.56. The maximum atomic E-state index is 12.1. The molecule has 3 atom stereocenters. The minimum atomic E-state index is -0.0580. The molecule has 0 bridgehead atoms. The lowest BCUT2D eigenvalue weighted by Gasteiger charge is -2.11. The normalized spacial score (nSPS) is 27.2. The maximum Gasteiger partial charge on any atom is 0.251 e. The van der Waals surface area contributed by atoms with Gasteiger partial charge >= 0.3 is 0 Å². The standard InChI is InChI=1S/C16H21N3O2/c1-10-8-14(10)16(21)18-12-4-2-11(3-5-12)15(20)19-13-6-7-17-9-13/h2-5,10,13-14,17H,6-9H2,1H3,(H,18,21)(H,19,20). The van der Waals surface area contributed by atoms with Gasteiger partial charge in [-0.2, -0.15) is 0 Å². The topological polar surface area (TPSA) is 70.2 Å². The second-order valence-electron chi connectivity index (χ2n) is 6.05. The SMILES string of the molecule is CC1CC1C(=O)Nc1ccc(C(=O)NC2CCNC2)cc1. The zero-order chi connectivity index (χ0) is 14.8. The lowest BCUT2D eigenvalue weighted by molar-refractivity contribution is -0.117. The van der Waals surface area contributed by atoms with Gasteiger partial charge in [-0.15, -0.1) is 0 Å². The average Bonchev–Trinajstić information content (AvgIpc) is 2.98. The van der Waals surface area contributed by atoms with Gasteiger partial charge in [0.1, 0.15) is 0 Å². The van der Waals surface area contributed by atoms with Crippen LogP contribution in [0.4, 0.5) is 5.69 Å². The highest BCUT2D eigenvalue weighted by molar-refractivity contribution is 5.97. The Labute approximate surface area is 124 Å². The number of carbonyl (C=O) groups is 2. The van der Waals surface area contributed by atoms with Crippen LogP contribution in [0.2, 0.25) is 0 Å². The van der Waals surface area contributed by atoms with Crippen molar-refractivity contribution in [2.75, 3.05) is 18.4 Å². The second-order valence-corrected chi connectivity index (χ2v) is 6.05. The van der Waals surface area contributed by atoms with Crippen molar-refractivity contribution in [3.63, 3.8) is 0 Å². The summed E-state index contributed by atoms with van der Waals surface area (Å²) in [6.45, 7) is 3.87. The van der Waals surface area contributed by atoms with E-state index in [1.165, 1.54) is 0 Å². The van der Waals surface area contributed by atoms with Crippen molar-refractivity contribution in [2.45, 2.75) is 25.8 Å². The Kier molecular flexibility index (Phi) is 3.92. The molecule has 3 rings (SSSR count). The molecule has 21 heavy (non-hydrogen) atoms. The van der Waals surface area contributed by atoms with E-state index in [0.29, 0.717) is 11.5 Å². The molecule has 0 aromatic heterocycles. The third kappa shape index (κ3) is 3.42. The molecule has 2 amide bonds. The Hall–Kier alpha value is -1.88. The predicted molar refractivity (Wildman–Crippen MR) is 81.1 cm³/mol. The summed E-state index contributed by atoms with van der Waals surface area (Å²) >= 11 is 0. The van der Waals surface area contributed by atoms with Crippen LogP contribution >= 0.6 is 0 Å². The lowest BCUT2D eigenvalue weighted by atomic mass is 10.1.